The Morgan fingerprint density at radius 3 is 2.32 bits per heavy atom. The van der Waals surface area contributed by atoms with Crippen LogP contribution in [0.25, 0.3) is 0 Å². The van der Waals surface area contributed by atoms with Crippen LogP contribution in [0.2, 0.25) is 0 Å². The van der Waals surface area contributed by atoms with E-state index in [2.05, 4.69) is 0 Å². The van der Waals surface area contributed by atoms with E-state index in [1.165, 1.54) is 30.3 Å². The van der Waals surface area contributed by atoms with E-state index in [1.54, 1.807) is 19.9 Å². The highest BCUT2D eigenvalue weighted by Gasteiger charge is 2.10. The summed E-state index contributed by atoms with van der Waals surface area (Å²) in [7, 11) is 0. The van der Waals surface area contributed by atoms with Crippen LogP contribution >= 0.6 is 0 Å². The maximum Gasteiger partial charge on any atom is 0.166 e. The third kappa shape index (κ3) is 3.09. The second-order valence-electron chi connectivity index (χ2n) is 4.38. The molecule has 1 unspecified atom stereocenters. The summed E-state index contributed by atoms with van der Waals surface area (Å²) in [5.41, 5.74) is 1.06. The van der Waals surface area contributed by atoms with Crippen molar-refractivity contribution in [3.05, 3.63) is 59.2 Å². The van der Waals surface area contributed by atoms with Crippen LogP contribution in [-0.4, -0.2) is 5.11 Å². The van der Waals surface area contributed by atoms with E-state index in [9.17, 15) is 13.9 Å². The number of benzene rings is 2. The maximum atomic E-state index is 13.8. The zero-order valence-corrected chi connectivity index (χ0v) is 10.7. The summed E-state index contributed by atoms with van der Waals surface area (Å²) in [5.74, 6) is -0.499. The maximum absolute atomic E-state index is 13.8. The summed E-state index contributed by atoms with van der Waals surface area (Å²) in [6.07, 6.45) is -0.740. The van der Waals surface area contributed by atoms with Gasteiger partial charge in [-0.05, 0) is 55.3 Å². The predicted molar refractivity (Wildman–Crippen MR) is 68.2 cm³/mol. The van der Waals surface area contributed by atoms with E-state index in [4.69, 9.17) is 4.74 Å². The molecule has 0 heterocycles. The van der Waals surface area contributed by atoms with Gasteiger partial charge in [-0.2, -0.15) is 0 Å². The molecular formula is C15H14F2O2. The molecule has 2 nitrogen and oxygen atoms in total. The fraction of sp³-hybridized carbons (Fsp3) is 0.200. The van der Waals surface area contributed by atoms with E-state index >= 15 is 0 Å². The van der Waals surface area contributed by atoms with Crippen molar-refractivity contribution in [1.82, 2.24) is 0 Å². The van der Waals surface area contributed by atoms with Crippen molar-refractivity contribution in [3.63, 3.8) is 0 Å². The molecule has 0 bridgehead atoms. The molecule has 0 aliphatic rings. The SMILES string of the molecule is Cc1cc(F)ccc1Oc1ccc(C(C)O)cc1F. The smallest absolute Gasteiger partial charge is 0.166 e. The van der Waals surface area contributed by atoms with E-state index in [-0.39, 0.29) is 11.6 Å². The molecule has 2 aromatic rings. The van der Waals surface area contributed by atoms with E-state index in [0.29, 0.717) is 16.9 Å². The molecule has 0 spiro atoms. The standard InChI is InChI=1S/C15H14F2O2/c1-9-7-12(16)4-6-14(9)19-15-5-3-11(10(2)18)8-13(15)17/h3-8,10,18H,1-2H3. The third-order valence-electron chi connectivity index (χ3n) is 2.80. The molecule has 2 rings (SSSR count). The Labute approximate surface area is 110 Å². The summed E-state index contributed by atoms with van der Waals surface area (Å²) in [5, 5.41) is 9.35. The van der Waals surface area contributed by atoms with Gasteiger partial charge in [-0.25, -0.2) is 8.78 Å². The normalized spacial score (nSPS) is 12.3. The molecular weight excluding hydrogens is 250 g/mol. The Kier molecular flexibility index (Phi) is 3.81. The van der Waals surface area contributed by atoms with Crippen LogP contribution in [0.1, 0.15) is 24.2 Å². The van der Waals surface area contributed by atoms with Gasteiger partial charge in [-0.3, -0.25) is 0 Å². The van der Waals surface area contributed by atoms with Crippen molar-refractivity contribution >= 4 is 0 Å². The second kappa shape index (κ2) is 5.36. The molecule has 1 atom stereocenters. The topological polar surface area (TPSA) is 29.5 Å². The highest BCUT2D eigenvalue weighted by atomic mass is 19.1. The molecule has 0 radical (unpaired) electrons. The monoisotopic (exact) mass is 264 g/mol. The number of aliphatic hydroxyl groups excluding tert-OH is 1. The van der Waals surface area contributed by atoms with Crippen LogP contribution in [0.5, 0.6) is 11.5 Å². The molecule has 4 heteroatoms. The molecule has 0 aromatic heterocycles. The molecule has 2 aromatic carbocycles. The second-order valence-corrected chi connectivity index (χ2v) is 4.38. The molecule has 100 valence electrons. The van der Waals surface area contributed by atoms with Gasteiger partial charge >= 0.3 is 0 Å². The Bertz CT molecular complexity index is 595. The minimum absolute atomic E-state index is 0.0408. The van der Waals surface area contributed by atoms with Gasteiger partial charge in [0, 0.05) is 0 Å². The molecule has 0 aliphatic carbocycles. The average molecular weight is 264 g/mol. The van der Waals surface area contributed by atoms with Gasteiger partial charge in [0.05, 0.1) is 6.10 Å². The van der Waals surface area contributed by atoms with E-state index < -0.39 is 11.9 Å². The fourth-order valence-electron chi connectivity index (χ4n) is 1.71. The first-order chi connectivity index (χ1) is 8.97. The first-order valence-corrected chi connectivity index (χ1v) is 5.89. The van der Waals surface area contributed by atoms with Crippen LogP contribution in [0.4, 0.5) is 8.78 Å². The fourth-order valence-corrected chi connectivity index (χ4v) is 1.71. The Morgan fingerprint density at radius 2 is 1.74 bits per heavy atom. The molecule has 0 fully saturated rings. The van der Waals surface area contributed by atoms with Crippen LogP contribution in [0.3, 0.4) is 0 Å². The van der Waals surface area contributed by atoms with Crippen molar-refractivity contribution in [2.45, 2.75) is 20.0 Å². The molecule has 0 saturated heterocycles. The Morgan fingerprint density at radius 1 is 1.05 bits per heavy atom. The summed E-state index contributed by atoms with van der Waals surface area (Å²) in [6, 6.07) is 8.27. The Balaban J connectivity index is 2.28. The van der Waals surface area contributed by atoms with Crippen molar-refractivity contribution < 1.29 is 18.6 Å². The van der Waals surface area contributed by atoms with Crippen LogP contribution < -0.4 is 4.74 Å². The van der Waals surface area contributed by atoms with Gasteiger partial charge in [0.2, 0.25) is 0 Å². The van der Waals surface area contributed by atoms with Crippen molar-refractivity contribution in [3.8, 4) is 11.5 Å². The summed E-state index contributed by atoms with van der Waals surface area (Å²) in [4.78, 5) is 0. The molecule has 19 heavy (non-hydrogen) atoms. The van der Waals surface area contributed by atoms with E-state index in [0.717, 1.165) is 0 Å². The summed E-state index contributed by atoms with van der Waals surface area (Å²) >= 11 is 0. The van der Waals surface area contributed by atoms with Crippen LogP contribution in [0, 0.1) is 18.6 Å². The lowest BCUT2D eigenvalue weighted by Crippen LogP contribution is -1.95. The number of hydrogen-bond acceptors (Lipinski definition) is 2. The minimum Gasteiger partial charge on any atom is -0.454 e. The number of halogens is 2. The lowest BCUT2D eigenvalue weighted by Gasteiger charge is -2.11. The zero-order valence-electron chi connectivity index (χ0n) is 10.7. The average Bonchev–Trinajstić information content (AvgIpc) is 2.34. The van der Waals surface area contributed by atoms with Gasteiger partial charge in [0.25, 0.3) is 0 Å². The first kappa shape index (κ1) is 13.5. The Hall–Kier alpha value is -1.94. The number of aliphatic hydroxyl groups is 1. The number of ether oxygens (including phenoxy) is 1. The number of hydrogen-bond donors (Lipinski definition) is 1. The van der Waals surface area contributed by atoms with Crippen molar-refractivity contribution in [1.29, 1.82) is 0 Å². The number of rotatable bonds is 3. The highest BCUT2D eigenvalue weighted by Crippen LogP contribution is 2.29. The van der Waals surface area contributed by atoms with Crippen LogP contribution in [0.15, 0.2) is 36.4 Å². The first-order valence-electron chi connectivity index (χ1n) is 5.89. The summed E-state index contributed by atoms with van der Waals surface area (Å²) < 4.78 is 32.2. The molecule has 0 saturated carbocycles. The van der Waals surface area contributed by atoms with Gasteiger partial charge in [-0.1, -0.05) is 6.07 Å². The molecule has 1 N–H and O–H groups in total. The van der Waals surface area contributed by atoms with Crippen LogP contribution in [-0.2, 0) is 0 Å². The lowest BCUT2D eigenvalue weighted by molar-refractivity contribution is 0.198. The van der Waals surface area contributed by atoms with Gasteiger partial charge in [-0.15, -0.1) is 0 Å². The molecule has 0 amide bonds. The predicted octanol–water partition coefficient (Wildman–Crippen LogP) is 4.12. The highest BCUT2D eigenvalue weighted by molar-refractivity contribution is 5.39. The van der Waals surface area contributed by atoms with Crippen molar-refractivity contribution in [2.24, 2.45) is 0 Å². The van der Waals surface area contributed by atoms with Gasteiger partial charge in [0.15, 0.2) is 11.6 Å². The minimum atomic E-state index is -0.740. The summed E-state index contributed by atoms with van der Waals surface area (Å²) in [6.45, 7) is 3.24. The third-order valence-corrected chi connectivity index (χ3v) is 2.80. The zero-order chi connectivity index (χ0) is 14.0. The lowest BCUT2D eigenvalue weighted by atomic mass is 10.1. The largest absolute Gasteiger partial charge is 0.454 e. The number of aryl methyl sites for hydroxylation is 1. The quantitative estimate of drug-likeness (QED) is 0.903. The van der Waals surface area contributed by atoms with Gasteiger partial charge in [0.1, 0.15) is 11.6 Å². The van der Waals surface area contributed by atoms with Gasteiger partial charge < -0.3 is 9.84 Å². The molecule has 0 aliphatic heterocycles. The van der Waals surface area contributed by atoms with Crippen molar-refractivity contribution in [2.75, 3.05) is 0 Å². The van der Waals surface area contributed by atoms with E-state index in [1.807, 2.05) is 0 Å².